The fourth-order valence-corrected chi connectivity index (χ4v) is 7.67. The van der Waals surface area contributed by atoms with E-state index in [1.54, 1.807) is 0 Å². The Kier molecular flexibility index (Phi) is 5.63. The second kappa shape index (κ2) is 7.79. The van der Waals surface area contributed by atoms with Crippen molar-refractivity contribution in [2.45, 2.75) is 84.3 Å². The number of ketones is 2. The number of aliphatic hydroxyl groups is 1. The summed E-state index contributed by atoms with van der Waals surface area (Å²) in [6, 6.07) is 0. The van der Waals surface area contributed by atoms with Gasteiger partial charge in [0, 0.05) is 25.7 Å². The minimum absolute atomic E-state index is 0.00659. The second-order valence-corrected chi connectivity index (χ2v) is 10.7. The number of hydrogen-bond acceptors (Lipinski definition) is 7. The summed E-state index contributed by atoms with van der Waals surface area (Å²) in [5, 5.41) is 11.9. The molecular formula is C25H34O7. The van der Waals surface area contributed by atoms with E-state index in [1.165, 1.54) is 19.4 Å². The van der Waals surface area contributed by atoms with E-state index in [-0.39, 0.29) is 23.0 Å². The molecule has 3 saturated carbocycles. The smallest absolute Gasteiger partial charge is 0.303 e. The van der Waals surface area contributed by atoms with Gasteiger partial charge in [0.15, 0.2) is 18.0 Å². The SMILES string of the molecule is CC(=O)OCC(=O)C1(O)C(OC(C)=O)CC2C3CCC4=CC(=O)CCC4(C)C3CCC21C. The highest BCUT2D eigenvalue weighted by atomic mass is 16.6. The maximum atomic E-state index is 13.2. The molecule has 4 aliphatic rings. The summed E-state index contributed by atoms with van der Waals surface area (Å²) in [5.74, 6) is -0.922. The van der Waals surface area contributed by atoms with Crippen LogP contribution in [0.25, 0.3) is 0 Å². The van der Waals surface area contributed by atoms with E-state index < -0.39 is 41.4 Å². The second-order valence-electron chi connectivity index (χ2n) is 10.7. The first-order chi connectivity index (χ1) is 14.9. The van der Waals surface area contributed by atoms with Crippen molar-refractivity contribution in [2.75, 3.05) is 6.61 Å². The highest BCUT2D eigenvalue weighted by Gasteiger charge is 2.71. The number of Topliss-reactive ketones (excluding diaryl/α,β-unsaturated/α-hetero) is 1. The van der Waals surface area contributed by atoms with E-state index in [2.05, 4.69) is 6.92 Å². The van der Waals surface area contributed by atoms with Crippen LogP contribution in [0.5, 0.6) is 0 Å². The molecule has 0 radical (unpaired) electrons. The molecular weight excluding hydrogens is 412 g/mol. The number of allylic oxidation sites excluding steroid dienone is 1. The van der Waals surface area contributed by atoms with Crippen molar-refractivity contribution in [3.05, 3.63) is 11.6 Å². The molecule has 4 rings (SSSR count). The van der Waals surface area contributed by atoms with Gasteiger partial charge in [-0.05, 0) is 67.8 Å². The molecule has 0 spiro atoms. The van der Waals surface area contributed by atoms with Crippen molar-refractivity contribution in [1.29, 1.82) is 0 Å². The van der Waals surface area contributed by atoms with Gasteiger partial charge in [0.25, 0.3) is 0 Å². The van der Waals surface area contributed by atoms with Gasteiger partial charge in [-0.1, -0.05) is 19.4 Å². The average molecular weight is 447 g/mol. The summed E-state index contributed by atoms with van der Waals surface area (Å²) in [4.78, 5) is 48.5. The van der Waals surface area contributed by atoms with Crippen LogP contribution in [0, 0.1) is 28.6 Å². The summed E-state index contributed by atoms with van der Waals surface area (Å²) in [6.07, 6.45) is 5.86. The van der Waals surface area contributed by atoms with Crippen LogP contribution < -0.4 is 0 Å². The van der Waals surface area contributed by atoms with Gasteiger partial charge in [0.1, 0.15) is 6.10 Å². The maximum Gasteiger partial charge on any atom is 0.303 e. The van der Waals surface area contributed by atoms with Crippen LogP contribution in [0.3, 0.4) is 0 Å². The molecule has 7 atom stereocenters. The summed E-state index contributed by atoms with van der Waals surface area (Å²) in [7, 11) is 0. The summed E-state index contributed by atoms with van der Waals surface area (Å²) >= 11 is 0. The van der Waals surface area contributed by atoms with Crippen LogP contribution in [0.2, 0.25) is 0 Å². The van der Waals surface area contributed by atoms with Crippen molar-refractivity contribution in [3.8, 4) is 0 Å². The Balaban J connectivity index is 1.70. The van der Waals surface area contributed by atoms with Crippen LogP contribution >= 0.6 is 0 Å². The molecule has 7 unspecified atom stereocenters. The summed E-state index contributed by atoms with van der Waals surface area (Å²) in [5.41, 5.74) is -1.48. The molecule has 7 heteroatoms. The van der Waals surface area contributed by atoms with Gasteiger partial charge in [-0.15, -0.1) is 0 Å². The van der Waals surface area contributed by atoms with E-state index >= 15 is 0 Å². The van der Waals surface area contributed by atoms with Crippen LogP contribution in [-0.4, -0.2) is 46.9 Å². The van der Waals surface area contributed by atoms with Gasteiger partial charge in [-0.3, -0.25) is 19.2 Å². The lowest BCUT2D eigenvalue weighted by Crippen LogP contribution is -2.61. The monoisotopic (exact) mass is 446 g/mol. The molecule has 4 aliphatic carbocycles. The predicted octanol–water partition coefficient (Wildman–Crippen LogP) is 2.92. The highest BCUT2D eigenvalue weighted by molar-refractivity contribution is 5.92. The Bertz CT molecular complexity index is 891. The fraction of sp³-hybridized carbons (Fsp3) is 0.760. The third-order valence-electron chi connectivity index (χ3n) is 9.30. The van der Waals surface area contributed by atoms with Gasteiger partial charge in [-0.25, -0.2) is 0 Å². The molecule has 0 bridgehead atoms. The van der Waals surface area contributed by atoms with Crippen molar-refractivity contribution in [2.24, 2.45) is 28.6 Å². The zero-order chi connectivity index (χ0) is 23.5. The molecule has 32 heavy (non-hydrogen) atoms. The van der Waals surface area contributed by atoms with Crippen LogP contribution in [0.1, 0.15) is 72.6 Å². The van der Waals surface area contributed by atoms with Gasteiger partial charge < -0.3 is 14.6 Å². The predicted molar refractivity (Wildman–Crippen MR) is 114 cm³/mol. The zero-order valence-electron chi connectivity index (χ0n) is 19.4. The van der Waals surface area contributed by atoms with Crippen LogP contribution in [-0.2, 0) is 28.7 Å². The van der Waals surface area contributed by atoms with E-state index in [0.717, 1.165) is 25.7 Å². The molecule has 1 N–H and O–H groups in total. The van der Waals surface area contributed by atoms with E-state index in [1.807, 2.05) is 13.0 Å². The Labute approximate surface area is 188 Å². The lowest BCUT2D eigenvalue weighted by molar-refractivity contribution is -0.189. The van der Waals surface area contributed by atoms with E-state index in [4.69, 9.17) is 9.47 Å². The highest BCUT2D eigenvalue weighted by Crippen LogP contribution is 2.68. The van der Waals surface area contributed by atoms with Crippen LogP contribution in [0.4, 0.5) is 0 Å². The molecule has 0 aromatic carbocycles. The first kappa shape index (κ1) is 23.1. The van der Waals surface area contributed by atoms with Gasteiger partial charge in [0.05, 0.1) is 0 Å². The first-order valence-electron chi connectivity index (χ1n) is 11.7. The molecule has 7 nitrogen and oxygen atoms in total. The van der Waals surface area contributed by atoms with E-state index in [9.17, 15) is 24.3 Å². The lowest BCUT2D eigenvalue weighted by Gasteiger charge is -2.58. The van der Waals surface area contributed by atoms with Gasteiger partial charge in [0.2, 0.25) is 5.78 Å². The Morgan fingerprint density at radius 2 is 1.78 bits per heavy atom. The van der Waals surface area contributed by atoms with Crippen molar-refractivity contribution >= 4 is 23.5 Å². The molecule has 0 heterocycles. The number of fused-ring (bicyclic) bond motifs is 5. The Morgan fingerprint density at radius 1 is 1.06 bits per heavy atom. The van der Waals surface area contributed by atoms with Gasteiger partial charge >= 0.3 is 11.9 Å². The minimum atomic E-state index is -1.90. The lowest BCUT2D eigenvalue weighted by atomic mass is 9.46. The first-order valence-corrected chi connectivity index (χ1v) is 11.7. The number of esters is 2. The topological polar surface area (TPSA) is 107 Å². The normalized spacial score (nSPS) is 42.8. The third-order valence-corrected chi connectivity index (χ3v) is 9.30. The maximum absolute atomic E-state index is 13.2. The van der Waals surface area contributed by atoms with Crippen LogP contribution in [0.15, 0.2) is 11.6 Å². The van der Waals surface area contributed by atoms with Crippen molar-refractivity contribution in [3.63, 3.8) is 0 Å². The Morgan fingerprint density at radius 3 is 2.44 bits per heavy atom. The summed E-state index contributed by atoms with van der Waals surface area (Å²) in [6.45, 7) is 6.16. The zero-order valence-corrected chi connectivity index (χ0v) is 19.4. The molecule has 0 saturated heterocycles. The molecule has 0 amide bonds. The van der Waals surface area contributed by atoms with Crippen molar-refractivity contribution < 1.29 is 33.8 Å². The number of carbonyl (C=O) groups is 4. The standard InChI is InChI=1S/C25H34O7/c1-14(26)31-13-21(29)25(30)22(32-15(2)27)12-20-18-6-5-16-11-17(28)7-9-23(16,3)19(18)8-10-24(20,25)4/h11,18-20,22,30H,5-10,12-13H2,1-4H3. The molecule has 0 aromatic rings. The number of carbonyl (C=O) groups excluding carboxylic acids is 4. The largest absolute Gasteiger partial charge is 0.459 e. The average Bonchev–Trinajstić information content (AvgIpc) is 2.94. The van der Waals surface area contributed by atoms with Crippen molar-refractivity contribution in [1.82, 2.24) is 0 Å². The molecule has 176 valence electrons. The summed E-state index contributed by atoms with van der Waals surface area (Å²) < 4.78 is 10.5. The minimum Gasteiger partial charge on any atom is -0.459 e. The number of hydrogen-bond donors (Lipinski definition) is 1. The number of rotatable bonds is 4. The van der Waals surface area contributed by atoms with E-state index in [0.29, 0.717) is 25.2 Å². The molecule has 0 aromatic heterocycles. The molecule has 3 fully saturated rings. The molecule has 0 aliphatic heterocycles. The third kappa shape index (κ3) is 3.27. The Hall–Kier alpha value is -2.02. The number of ether oxygens (including phenoxy) is 2. The fourth-order valence-electron chi connectivity index (χ4n) is 7.67. The quantitative estimate of drug-likeness (QED) is 0.662. The van der Waals surface area contributed by atoms with Gasteiger partial charge in [-0.2, -0.15) is 0 Å².